The molecule has 0 amide bonds. The van der Waals surface area contributed by atoms with Crippen molar-refractivity contribution in [2.75, 3.05) is 0 Å². The first-order valence-electron chi connectivity index (χ1n) is 13.5. The number of rotatable bonds is 19. The number of hydrogen-bond acceptors (Lipinski definition) is 0. The Labute approximate surface area is 193 Å². The topological polar surface area (TPSA) is 8.81 Å². The second-order valence-electron chi connectivity index (χ2n) is 9.32. The third-order valence-electron chi connectivity index (χ3n) is 6.51. The Balaban J connectivity index is 1.77. The molecule has 31 heavy (non-hydrogen) atoms. The van der Waals surface area contributed by atoms with Gasteiger partial charge in [-0.25, -0.2) is 9.13 Å². The lowest BCUT2D eigenvalue weighted by Gasteiger charge is -2.06. The first-order chi connectivity index (χ1) is 15.4. The molecular formula is C29H49N2+. The van der Waals surface area contributed by atoms with Gasteiger partial charge < -0.3 is 0 Å². The van der Waals surface area contributed by atoms with Crippen LogP contribution in [0.4, 0.5) is 0 Å². The summed E-state index contributed by atoms with van der Waals surface area (Å²) in [5, 5.41) is 0. The molecule has 2 aromatic rings. The Bertz CT molecular complexity index is 659. The Hall–Kier alpha value is -1.57. The summed E-state index contributed by atoms with van der Waals surface area (Å²) in [4.78, 5) is 0. The highest BCUT2D eigenvalue weighted by Gasteiger charge is 2.18. The number of aryl methyl sites for hydroxylation is 2. The van der Waals surface area contributed by atoms with Crippen LogP contribution in [0, 0.1) is 0 Å². The molecule has 2 rings (SSSR count). The molecule has 0 atom stereocenters. The smallest absolute Gasteiger partial charge is 0.230 e. The zero-order valence-electron chi connectivity index (χ0n) is 20.7. The molecular weight excluding hydrogens is 376 g/mol. The highest BCUT2D eigenvalue weighted by Crippen LogP contribution is 2.18. The van der Waals surface area contributed by atoms with Gasteiger partial charge >= 0.3 is 0 Å². The number of imidazole rings is 1. The average molecular weight is 426 g/mol. The number of benzene rings is 1. The van der Waals surface area contributed by atoms with Crippen LogP contribution in [0.2, 0.25) is 0 Å². The summed E-state index contributed by atoms with van der Waals surface area (Å²) in [6.07, 6.45) is 26.7. The largest absolute Gasteiger partial charge is 0.288 e. The quantitative estimate of drug-likeness (QED) is 0.157. The fourth-order valence-electron chi connectivity index (χ4n) is 4.58. The van der Waals surface area contributed by atoms with Gasteiger partial charge in [-0.1, -0.05) is 109 Å². The fraction of sp³-hybridized carbons (Fsp3) is 0.690. The fourth-order valence-corrected chi connectivity index (χ4v) is 4.58. The van der Waals surface area contributed by atoms with Crippen LogP contribution in [0.15, 0.2) is 42.7 Å². The van der Waals surface area contributed by atoms with Crippen molar-refractivity contribution in [2.24, 2.45) is 0 Å². The molecule has 1 aromatic carbocycles. The van der Waals surface area contributed by atoms with Crippen LogP contribution in [0.1, 0.15) is 117 Å². The van der Waals surface area contributed by atoms with Crippen LogP contribution >= 0.6 is 0 Å². The minimum atomic E-state index is 1.14. The summed E-state index contributed by atoms with van der Waals surface area (Å²) in [6.45, 7) is 6.87. The van der Waals surface area contributed by atoms with Crippen molar-refractivity contribution in [3.63, 3.8) is 0 Å². The maximum Gasteiger partial charge on any atom is 0.288 e. The molecule has 2 heteroatoms. The Morgan fingerprint density at radius 2 is 1.13 bits per heavy atom. The molecule has 0 radical (unpaired) electrons. The van der Waals surface area contributed by atoms with E-state index in [2.05, 4.69) is 65.7 Å². The van der Waals surface area contributed by atoms with Crippen LogP contribution in [-0.2, 0) is 13.1 Å². The van der Waals surface area contributed by atoms with Crippen LogP contribution in [0.3, 0.4) is 0 Å². The third kappa shape index (κ3) is 10.5. The van der Waals surface area contributed by atoms with Crippen molar-refractivity contribution in [1.29, 1.82) is 0 Å². The molecule has 2 nitrogen and oxygen atoms in total. The van der Waals surface area contributed by atoms with E-state index < -0.39 is 0 Å². The molecule has 0 N–H and O–H groups in total. The zero-order valence-corrected chi connectivity index (χ0v) is 20.7. The van der Waals surface area contributed by atoms with Gasteiger partial charge in [0, 0.05) is 0 Å². The molecule has 0 saturated carbocycles. The summed E-state index contributed by atoms with van der Waals surface area (Å²) >= 11 is 0. The lowest BCUT2D eigenvalue weighted by molar-refractivity contribution is -0.686. The van der Waals surface area contributed by atoms with Crippen LogP contribution in [-0.4, -0.2) is 4.57 Å². The molecule has 0 aliphatic heterocycles. The number of aromatic nitrogens is 2. The van der Waals surface area contributed by atoms with Gasteiger partial charge in [0.25, 0.3) is 5.82 Å². The van der Waals surface area contributed by atoms with E-state index in [1.54, 1.807) is 0 Å². The van der Waals surface area contributed by atoms with E-state index in [4.69, 9.17) is 0 Å². The van der Waals surface area contributed by atoms with Gasteiger partial charge in [-0.15, -0.1) is 0 Å². The average Bonchev–Trinajstić information content (AvgIpc) is 3.20. The van der Waals surface area contributed by atoms with Crippen molar-refractivity contribution < 1.29 is 4.57 Å². The minimum Gasteiger partial charge on any atom is -0.230 e. The second-order valence-corrected chi connectivity index (χ2v) is 9.32. The highest BCUT2D eigenvalue weighted by molar-refractivity contribution is 5.52. The van der Waals surface area contributed by atoms with Crippen molar-refractivity contribution in [2.45, 2.75) is 130 Å². The van der Waals surface area contributed by atoms with Gasteiger partial charge in [0.05, 0.1) is 18.7 Å². The standard InChI is InChI=1S/C29H49N2/c1-3-5-7-9-11-12-13-14-16-21-25-31-27-26-30(24-20-15-10-8-6-4-2)29(31)28-22-18-17-19-23-28/h17-19,22-23,26-27H,3-16,20-21,24-25H2,1-2H3/q+1. The summed E-state index contributed by atoms with van der Waals surface area (Å²) in [5.41, 5.74) is 1.35. The van der Waals surface area contributed by atoms with Crippen LogP contribution in [0.25, 0.3) is 11.4 Å². The summed E-state index contributed by atoms with van der Waals surface area (Å²) in [5.74, 6) is 1.39. The van der Waals surface area contributed by atoms with E-state index in [9.17, 15) is 0 Å². The molecule has 174 valence electrons. The first kappa shape index (κ1) is 25.7. The van der Waals surface area contributed by atoms with Crippen molar-refractivity contribution in [1.82, 2.24) is 4.57 Å². The van der Waals surface area contributed by atoms with Crippen LogP contribution in [0.5, 0.6) is 0 Å². The van der Waals surface area contributed by atoms with E-state index in [1.807, 2.05) is 0 Å². The van der Waals surface area contributed by atoms with Gasteiger partial charge in [-0.3, -0.25) is 0 Å². The summed E-state index contributed by atoms with van der Waals surface area (Å²) in [6, 6.07) is 11.0. The molecule has 1 heterocycles. The number of unbranched alkanes of at least 4 members (excludes halogenated alkanes) is 14. The van der Waals surface area contributed by atoms with Gasteiger partial charge in [0.15, 0.2) is 0 Å². The SMILES string of the molecule is CCCCCCCCCCCCn1cc[n+](CCCCCCCC)c1-c1ccccc1. The van der Waals surface area contributed by atoms with Crippen molar-refractivity contribution in [3.05, 3.63) is 42.7 Å². The molecule has 0 bridgehead atoms. The van der Waals surface area contributed by atoms with E-state index in [0.717, 1.165) is 13.1 Å². The molecule has 1 aromatic heterocycles. The summed E-state index contributed by atoms with van der Waals surface area (Å²) in [7, 11) is 0. The Kier molecular flexibility index (Phi) is 14.1. The number of nitrogens with zero attached hydrogens (tertiary/aromatic N) is 2. The highest BCUT2D eigenvalue weighted by atomic mass is 15.1. The van der Waals surface area contributed by atoms with Crippen LogP contribution < -0.4 is 4.57 Å². The predicted molar refractivity (Wildman–Crippen MR) is 135 cm³/mol. The molecule has 0 spiro atoms. The number of hydrogen-bond donors (Lipinski definition) is 0. The van der Waals surface area contributed by atoms with Gasteiger partial charge in [0.1, 0.15) is 12.4 Å². The maximum absolute atomic E-state index is 2.50. The molecule has 0 unspecified atom stereocenters. The van der Waals surface area contributed by atoms with Gasteiger partial charge in [0.2, 0.25) is 0 Å². The second kappa shape index (κ2) is 17.0. The minimum absolute atomic E-state index is 1.14. The van der Waals surface area contributed by atoms with E-state index in [1.165, 1.54) is 114 Å². The van der Waals surface area contributed by atoms with Gasteiger partial charge in [-0.2, -0.15) is 0 Å². The van der Waals surface area contributed by atoms with E-state index in [-0.39, 0.29) is 0 Å². The lowest BCUT2D eigenvalue weighted by Crippen LogP contribution is -2.34. The molecule has 0 aliphatic rings. The van der Waals surface area contributed by atoms with E-state index in [0.29, 0.717) is 0 Å². The summed E-state index contributed by atoms with van der Waals surface area (Å²) < 4.78 is 4.99. The zero-order chi connectivity index (χ0) is 22.0. The predicted octanol–water partition coefficient (Wildman–Crippen LogP) is 8.72. The van der Waals surface area contributed by atoms with Crippen molar-refractivity contribution in [3.8, 4) is 11.4 Å². The normalized spacial score (nSPS) is 11.3. The maximum atomic E-state index is 2.50. The molecule has 0 fully saturated rings. The Morgan fingerprint density at radius 3 is 1.71 bits per heavy atom. The molecule has 0 aliphatic carbocycles. The first-order valence-corrected chi connectivity index (χ1v) is 13.5. The molecule has 0 saturated heterocycles. The van der Waals surface area contributed by atoms with Gasteiger partial charge in [-0.05, 0) is 37.8 Å². The van der Waals surface area contributed by atoms with E-state index >= 15 is 0 Å². The lowest BCUT2D eigenvalue weighted by atomic mass is 10.1. The monoisotopic (exact) mass is 425 g/mol. The van der Waals surface area contributed by atoms with Crippen molar-refractivity contribution >= 4 is 0 Å². The Morgan fingerprint density at radius 1 is 0.613 bits per heavy atom. The third-order valence-corrected chi connectivity index (χ3v) is 6.51.